The summed E-state index contributed by atoms with van der Waals surface area (Å²) in [5.74, 6) is 6.96. The van der Waals surface area contributed by atoms with E-state index < -0.39 is 0 Å². The summed E-state index contributed by atoms with van der Waals surface area (Å²) in [4.78, 5) is 12.2. The molecule has 6 nitrogen and oxygen atoms in total. The second-order valence-electron chi connectivity index (χ2n) is 10.0. The second-order valence-corrected chi connectivity index (χ2v) is 11.1. The minimum Gasteiger partial charge on any atom is -0.490 e. The molecule has 0 radical (unpaired) electrons. The van der Waals surface area contributed by atoms with Gasteiger partial charge in [0.15, 0.2) is 0 Å². The monoisotopic (exact) mass is 533 g/mol. The minimum absolute atomic E-state index is 0.112. The third-order valence-corrected chi connectivity index (χ3v) is 7.96. The van der Waals surface area contributed by atoms with E-state index in [1.54, 1.807) is 11.3 Å². The summed E-state index contributed by atoms with van der Waals surface area (Å²) >= 11 is 1.71. The Balaban J connectivity index is 0.000000283. The number of nitrogens with two attached hydrogens (primary N) is 1. The van der Waals surface area contributed by atoms with E-state index in [9.17, 15) is 0 Å². The Hall–Kier alpha value is -2.73. The van der Waals surface area contributed by atoms with E-state index in [-0.39, 0.29) is 12.1 Å². The SMILES string of the molecule is CC#Cc1cc(-c2ncc(-c3cccc4c3CCC4N)s2)ccc1OC(C)C.OOCCN1CCCCC1. The first kappa shape index (κ1) is 28.3. The van der Waals surface area contributed by atoms with E-state index in [0.717, 1.165) is 41.3 Å². The number of nitrogens with zero attached hydrogens (tertiary/aromatic N) is 2. The lowest BCUT2D eigenvalue weighted by molar-refractivity contribution is -0.244. The van der Waals surface area contributed by atoms with Crippen molar-refractivity contribution in [2.24, 2.45) is 5.73 Å². The summed E-state index contributed by atoms with van der Waals surface area (Å²) < 4.78 is 5.89. The van der Waals surface area contributed by atoms with Crippen molar-refractivity contribution in [1.82, 2.24) is 9.88 Å². The Labute approximate surface area is 230 Å². The number of ether oxygens (including phenoxy) is 1. The van der Waals surface area contributed by atoms with Crippen LogP contribution in [0.1, 0.15) is 69.2 Å². The molecule has 0 saturated carbocycles. The Morgan fingerprint density at radius 1 is 1.18 bits per heavy atom. The van der Waals surface area contributed by atoms with Crippen molar-refractivity contribution in [3.8, 4) is 38.6 Å². The molecule has 0 bridgehead atoms. The van der Waals surface area contributed by atoms with E-state index in [1.165, 1.54) is 53.9 Å². The number of piperidine rings is 1. The normalized spacial score (nSPS) is 16.8. The van der Waals surface area contributed by atoms with Crippen LogP contribution in [0.4, 0.5) is 0 Å². The van der Waals surface area contributed by atoms with Crippen molar-refractivity contribution < 1.29 is 14.9 Å². The molecule has 3 aromatic rings. The van der Waals surface area contributed by atoms with Gasteiger partial charge in [0.2, 0.25) is 0 Å². The molecular formula is C31H39N3O3S. The van der Waals surface area contributed by atoms with Gasteiger partial charge in [-0.15, -0.1) is 17.3 Å². The highest BCUT2D eigenvalue weighted by molar-refractivity contribution is 7.18. The van der Waals surface area contributed by atoms with Crippen LogP contribution in [0.25, 0.3) is 21.0 Å². The summed E-state index contributed by atoms with van der Waals surface area (Å²) in [7, 11) is 0. The van der Waals surface area contributed by atoms with Crippen LogP contribution < -0.4 is 10.5 Å². The lowest BCUT2D eigenvalue weighted by Gasteiger charge is -2.25. The molecule has 38 heavy (non-hydrogen) atoms. The van der Waals surface area contributed by atoms with Crippen molar-refractivity contribution in [3.63, 3.8) is 0 Å². The van der Waals surface area contributed by atoms with Gasteiger partial charge < -0.3 is 15.4 Å². The largest absolute Gasteiger partial charge is 0.490 e. The highest BCUT2D eigenvalue weighted by Gasteiger charge is 2.23. The first-order valence-electron chi connectivity index (χ1n) is 13.6. The molecule has 2 aliphatic rings. The number of aromatic nitrogens is 1. The molecule has 3 N–H and O–H groups in total. The van der Waals surface area contributed by atoms with Gasteiger partial charge in [-0.25, -0.2) is 9.87 Å². The summed E-state index contributed by atoms with van der Waals surface area (Å²) in [6, 6.07) is 12.7. The number of hydrogen-bond donors (Lipinski definition) is 2. The Morgan fingerprint density at radius 2 is 2.00 bits per heavy atom. The second kappa shape index (κ2) is 13.9. The van der Waals surface area contributed by atoms with Crippen LogP contribution >= 0.6 is 11.3 Å². The summed E-state index contributed by atoms with van der Waals surface area (Å²) in [6.07, 6.45) is 8.10. The van der Waals surface area contributed by atoms with Crippen LogP contribution in [-0.4, -0.2) is 47.5 Å². The van der Waals surface area contributed by atoms with Crippen molar-refractivity contribution >= 4 is 11.3 Å². The maximum Gasteiger partial charge on any atom is 0.135 e. The van der Waals surface area contributed by atoms with E-state index in [2.05, 4.69) is 52.0 Å². The molecule has 1 aromatic heterocycles. The molecule has 1 aliphatic heterocycles. The van der Waals surface area contributed by atoms with Crippen LogP contribution in [0, 0.1) is 11.8 Å². The van der Waals surface area contributed by atoms with Crippen molar-refractivity contribution in [2.45, 2.75) is 65.0 Å². The fourth-order valence-corrected chi connectivity index (χ4v) is 6.02. The van der Waals surface area contributed by atoms with Gasteiger partial charge in [-0.2, -0.15) is 0 Å². The van der Waals surface area contributed by atoms with Crippen LogP contribution in [0.5, 0.6) is 5.75 Å². The summed E-state index contributed by atoms with van der Waals surface area (Å²) in [5.41, 5.74) is 12.1. The molecule has 1 atom stereocenters. The smallest absolute Gasteiger partial charge is 0.135 e. The zero-order valence-corrected chi connectivity index (χ0v) is 23.5. The highest BCUT2D eigenvalue weighted by atomic mass is 32.1. The van der Waals surface area contributed by atoms with E-state index >= 15 is 0 Å². The van der Waals surface area contributed by atoms with E-state index in [1.807, 2.05) is 33.0 Å². The molecule has 202 valence electrons. The Morgan fingerprint density at radius 3 is 2.74 bits per heavy atom. The van der Waals surface area contributed by atoms with Crippen LogP contribution in [-0.2, 0) is 11.3 Å². The highest BCUT2D eigenvalue weighted by Crippen LogP contribution is 2.40. The number of thiazole rings is 1. The molecule has 5 rings (SSSR count). The first-order chi connectivity index (χ1) is 18.5. The lowest BCUT2D eigenvalue weighted by Crippen LogP contribution is -2.32. The molecule has 2 aromatic carbocycles. The number of likely N-dealkylation sites (tertiary alicyclic amines) is 1. The number of benzene rings is 2. The predicted octanol–water partition coefficient (Wildman–Crippen LogP) is 6.54. The van der Waals surface area contributed by atoms with E-state index in [0.29, 0.717) is 6.61 Å². The molecule has 2 heterocycles. The zero-order valence-electron chi connectivity index (χ0n) is 22.7. The fourth-order valence-electron chi connectivity index (χ4n) is 5.05. The maximum absolute atomic E-state index is 8.07. The zero-order chi connectivity index (χ0) is 26.9. The predicted molar refractivity (Wildman–Crippen MR) is 155 cm³/mol. The summed E-state index contributed by atoms with van der Waals surface area (Å²) in [6.45, 7) is 9.54. The standard InChI is InChI=1S/C24H24N2OS.C7H15NO2/c1-4-6-16-13-17(9-12-22(16)27-15(2)3)24-26-14-23(28-24)20-8-5-7-19-18(20)10-11-21(19)25;9-10-7-6-8-4-2-1-3-5-8/h5,7-9,12-15,21H,10-11,25H2,1-3H3;9H,1-7H2. The topological polar surface area (TPSA) is 80.8 Å². The molecule has 0 spiro atoms. The average molecular weight is 534 g/mol. The molecular weight excluding hydrogens is 494 g/mol. The lowest BCUT2D eigenvalue weighted by atomic mass is 10.0. The van der Waals surface area contributed by atoms with Crippen molar-refractivity contribution in [3.05, 3.63) is 59.3 Å². The quantitative estimate of drug-likeness (QED) is 0.204. The molecule has 1 unspecified atom stereocenters. The van der Waals surface area contributed by atoms with Gasteiger partial charge in [-0.3, -0.25) is 5.26 Å². The van der Waals surface area contributed by atoms with Gasteiger partial charge in [0.1, 0.15) is 10.8 Å². The summed E-state index contributed by atoms with van der Waals surface area (Å²) in [5, 5.41) is 9.06. The fraction of sp³-hybridized carbons (Fsp3) is 0.452. The van der Waals surface area contributed by atoms with Crippen LogP contribution in [0.15, 0.2) is 42.6 Å². The van der Waals surface area contributed by atoms with Gasteiger partial charge in [0.25, 0.3) is 0 Å². The van der Waals surface area contributed by atoms with Crippen molar-refractivity contribution in [2.75, 3.05) is 26.2 Å². The van der Waals surface area contributed by atoms with Crippen LogP contribution in [0.2, 0.25) is 0 Å². The first-order valence-corrected chi connectivity index (χ1v) is 14.4. The number of fused-ring (bicyclic) bond motifs is 1. The van der Waals surface area contributed by atoms with Gasteiger partial charge in [-0.1, -0.05) is 30.5 Å². The van der Waals surface area contributed by atoms with Crippen molar-refractivity contribution in [1.29, 1.82) is 0 Å². The Bertz CT molecular complexity index is 1250. The van der Waals surface area contributed by atoms with Gasteiger partial charge in [-0.05, 0) is 94.4 Å². The van der Waals surface area contributed by atoms with Gasteiger partial charge in [0, 0.05) is 24.3 Å². The molecule has 1 aliphatic carbocycles. The third-order valence-electron chi connectivity index (χ3n) is 6.88. The van der Waals surface area contributed by atoms with Gasteiger partial charge in [0.05, 0.1) is 23.2 Å². The molecule has 1 saturated heterocycles. The molecule has 0 amide bonds. The molecule has 7 heteroatoms. The minimum atomic E-state index is 0.112. The average Bonchev–Trinajstić information content (AvgIpc) is 3.57. The number of rotatable bonds is 7. The Kier molecular flexibility index (Phi) is 10.3. The number of hydrogen-bond acceptors (Lipinski definition) is 7. The molecule has 1 fully saturated rings. The third kappa shape index (κ3) is 7.22. The maximum atomic E-state index is 8.07. The van der Waals surface area contributed by atoms with Gasteiger partial charge >= 0.3 is 0 Å². The van der Waals surface area contributed by atoms with E-state index in [4.69, 9.17) is 20.7 Å². The van der Waals surface area contributed by atoms with Crippen LogP contribution in [0.3, 0.4) is 0 Å².